The molecule has 1 N–H and O–H groups in total. The van der Waals surface area contributed by atoms with Gasteiger partial charge in [0.2, 0.25) is 0 Å². The van der Waals surface area contributed by atoms with Gasteiger partial charge >= 0.3 is 0 Å². The van der Waals surface area contributed by atoms with Crippen LogP contribution in [0, 0.1) is 5.82 Å². The molecular weight excluding hydrogens is 367 g/mol. The lowest BCUT2D eigenvalue weighted by molar-refractivity contribution is -0.121. The van der Waals surface area contributed by atoms with Gasteiger partial charge in [-0.25, -0.2) is 13.2 Å². The predicted octanol–water partition coefficient (Wildman–Crippen LogP) is 4.29. The number of hydrogen-bond acceptors (Lipinski definition) is 2. The lowest BCUT2D eigenvalue weighted by atomic mass is 9.88. The van der Waals surface area contributed by atoms with E-state index < -0.39 is 24.3 Å². The number of benzene rings is 1. The average Bonchev–Trinajstić information content (AvgIpc) is 3.13. The summed E-state index contributed by atoms with van der Waals surface area (Å²) in [5, 5.41) is 14.6. The molecule has 4 nitrogen and oxygen atoms in total. The molecule has 0 saturated heterocycles. The van der Waals surface area contributed by atoms with Gasteiger partial charge in [-0.05, 0) is 30.7 Å². The van der Waals surface area contributed by atoms with E-state index in [1.165, 1.54) is 16.8 Å². The quantitative estimate of drug-likeness (QED) is 0.719. The summed E-state index contributed by atoms with van der Waals surface area (Å²) in [7, 11) is 1.69. The number of aliphatic hydroxyl groups is 1. The van der Waals surface area contributed by atoms with Crippen molar-refractivity contribution in [3.05, 3.63) is 58.8 Å². The minimum Gasteiger partial charge on any atom is -0.382 e. The summed E-state index contributed by atoms with van der Waals surface area (Å²) in [6.45, 7) is 0. The van der Waals surface area contributed by atoms with Gasteiger partial charge in [-0.1, -0.05) is 11.6 Å². The lowest BCUT2D eigenvalue weighted by Crippen LogP contribution is -2.32. The second kappa shape index (κ2) is 5.89. The number of hydrogen-bond donors (Lipinski definition) is 1. The topological polar surface area (TPSA) is 43.0 Å². The van der Waals surface area contributed by atoms with Gasteiger partial charge in [0, 0.05) is 53.4 Å². The fourth-order valence-electron chi connectivity index (χ4n) is 3.51. The Bertz CT molecular complexity index is 975. The Morgan fingerprint density at radius 2 is 2.08 bits per heavy atom. The Balaban J connectivity index is 1.99. The van der Waals surface area contributed by atoms with E-state index in [4.69, 9.17) is 11.6 Å². The molecule has 1 atom stereocenters. The molecule has 0 saturated carbocycles. The Morgan fingerprint density at radius 1 is 1.31 bits per heavy atom. The van der Waals surface area contributed by atoms with E-state index in [-0.39, 0.29) is 17.0 Å². The SMILES string of the molecule is Cn1nccc1-c1cn(-c2cc(F)cc(Cl)c2)c2c1C(O)C(F)(F)CC2. The lowest BCUT2D eigenvalue weighted by Gasteiger charge is -2.29. The van der Waals surface area contributed by atoms with E-state index in [2.05, 4.69) is 5.10 Å². The van der Waals surface area contributed by atoms with E-state index in [1.807, 2.05) is 0 Å². The second-order valence-corrected chi connectivity index (χ2v) is 6.84. The summed E-state index contributed by atoms with van der Waals surface area (Å²) in [6.07, 6.45) is 0.786. The van der Waals surface area contributed by atoms with Crippen LogP contribution >= 0.6 is 11.6 Å². The van der Waals surface area contributed by atoms with E-state index in [0.29, 0.717) is 22.6 Å². The molecule has 0 aliphatic heterocycles. The Hall–Kier alpha value is -2.25. The largest absolute Gasteiger partial charge is 0.382 e. The predicted molar refractivity (Wildman–Crippen MR) is 91.2 cm³/mol. The van der Waals surface area contributed by atoms with Crippen LogP contribution in [0.5, 0.6) is 0 Å². The molecule has 1 aromatic carbocycles. The minimum absolute atomic E-state index is 0.0470. The zero-order valence-corrected chi connectivity index (χ0v) is 14.5. The maximum absolute atomic E-state index is 14.2. The maximum Gasteiger partial charge on any atom is 0.278 e. The molecule has 26 heavy (non-hydrogen) atoms. The first-order valence-corrected chi connectivity index (χ1v) is 8.40. The summed E-state index contributed by atoms with van der Waals surface area (Å²) in [6, 6.07) is 5.68. The van der Waals surface area contributed by atoms with E-state index in [0.717, 1.165) is 0 Å². The van der Waals surface area contributed by atoms with Crippen molar-refractivity contribution < 1.29 is 18.3 Å². The molecule has 0 bridgehead atoms. The van der Waals surface area contributed by atoms with Gasteiger partial charge in [-0.15, -0.1) is 0 Å². The van der Waals surface area contributed by atoms with Crippen LogP contribution in [0.2, 0.25) is 5.02 Å². The molecule has 4 rings (SSSR count). The molecule has 0 spiro atoms. The van der Waals surface area contributed by atoms with Gasteiger partial charge in [-0.2, -0.15) is 5.10 Å². The monoisotopic (exact) mass is 381 g/mol. The van der Waals surface area contributed by atoms with Crippen LogP contribution in [0.15, 0.2) is 36.7 Å². The van der Waals surface area contributed by atoms with Gasteiger partial charge in [0.1, 0.15) is 11.9 Å². The Labute approximate surface area is 152 Å². The van der Waals surface area contributed by atoms with E-state index in [9.17, 15) is 18.3 Å². The van der Waals surface area contributed by atoms with Crippen LogP contribution in [0.25, 0.3) is 16.9 Å². The third-order valence-electron chi connectivity index (χ3n) is 4.74. The molecule has 136 valence electrons. The number of aliphatic hydroxyl groups excluding tert-OH is 1. The smallest absolute Gasteiger partial charge is 0.278 e. The number of fused-ring (bicyclic) bond motifs is 1. The number of halogens is 4. The van der Waals surface area contributed by atoms with Crippen molar-refractivity contribution in [1.82, 2.24) is 14.3 Å². The highest BCUT2D eigenvalue weighted by Gasteiger charge is 2.46. The molecule has 0 amide bonds. The molecule has 1 aliphatic rings. The number of alkyl halides is 2. The van der Waals surface area contributed by atoms with Gasteiger partial charge in [0.25, 0.3) is 5.92 Å². The molecule has 0 fully saturated rings. The van der Waals surface area contributed by atoms with Crippen LogP contribution in [0.3, 0.4) is 0 Å². The summed E-state index contributed by atoms with van der Waals surface area (Å²) < 4.78 is 45.3. The van der Waals surface area contributed by atoms with Crippen molar-refractivity contribution in [2.75, 3.05) is 0 Å². The summed E-state index contributed by atoms with van der Waals surface area (Å²) in [4.78, 5) is 0. The van der Waals surface area contributed by atoms with E-state index >= 15 is 0 Å². The molecule has 1 unspecified atom stereocenters. The van der Waals surface area contributed by atoms with E-state index in [1.54, 1.807) is 36.1 Å². The molecular formula is C18H15ClF3N3O. The molecule has 3 aromatic rings. The van der Waals surface area contributed by atoms with Crippen molar-refractivity contribution in [3.8, 4) is 16.9 Å². The van der Waals surface area contributed by atoms with Gasteiger partial charge in [0.05, 0.1) is 5.69 Å². The van der Waals surface area contributed by atoms with Crippen molar-refractivity contribution in [1.29, 1.82) is 0 Å². The average molecular weight is 382 g/mol. The molecule has 2 heterocycles. The molecule has 0 radical (unpaired) electrons. The molecule has 8 heteroatoms. The number of aromatic nitrogens is 3. The number of nitrogens with zero attached hydrogens (tertiary/aromatic N) is 3. The first kappa shape index (κ1) is 17.2. The zero-order valence-electron chi connectivity index (χ0n) is 13.8. The summed E-state index contributed by atoms with van der Waals surface area (Å²) in [5.41, 5.74) is 2.09. The fraction of sp³-hybridized carbons (Fsp3) is 0.278. The molecule has 2 aromatic heterocycles. The van der Waals surface area contributed by atoms with Gasteiger partial charge in [0.15, 0.2) is 0 Å². The van der Waals surface area contributed by atoms with Crippen LogP contribution in [-0.4, -0.2) is 25.4 Å². The fourth-order valence-corrected chi connectivity index (χ4v) is 3.72. The van der Waals surface area contributed by atoms with Crippen LogP contribution in [-0.2, 0) is 13.5 Å². The highest BCUT2D eigenvalue weighted by Crippen LogP contribution is 2.47. The highest BCUT2D eigenvalue weighted by atomic mass is 35.5. The summed E-state index contributed by atoms with van der Waals surface area (Å²) in [5.74, 6) is -3.76. The normalized spacial score (nSPS) is 18.8. The first-order chi connectivity index (χ1) is 12.3. The second-order valence-electron chi connectivity index (χ2n) is 6.40. The van der Waals surface area contributed by atoms with Crippen LogP contribution in [0.1, 0.15) is 23.8 Å². The van der Waals surface area contributed by atoms with Gasteiger partial charge < -0.3 is 9.67 Å². The summed E-state index contributed by atoms with van der Waals surface area (Å²) >= 11 is 5.95. The van der Waals surface area contributed by atoms with Crippen LogP contribution < -0.4 is 0 Å². The van der Waals surface area contributed by atoms with Crippen molar-refractivity contribution in [3.63, 3.8) is 0 Å². The Kier molecular flexibility index (Phi) is 3.89. The zero-order chi connectivity index (χ0) is 18.6. The third-order valence-corrected chi connectivity index (χ3v) is 4.96. The number of rotatable bonds is 2. The van der Waals surface area contributed by atoms with Gasteiger partial charge in [-0.3, -0.25) is 4.68 Å². The van der Waals surface area contributed by atoms with Crippen molar-refractivity contribution in [2.45, 2.75) is 24.9 Å². The highest BCUT2D eigenvalue weighted by molar-refractivity contribution is 6.30. The first-order valence-electron chi connectivity index (χ1n) is 8.03. The Morgan fingerprint density at radius 3 is 2.73 bits per heavy atom. The minimum atomic E-state index is -3.23. The third kappa shape index (κ3) is 2.62. The standard InChI is InChI=1S/C18H15ClF3N3O/c1-24-14(3-5-23-24)13-9-25(12-7-10(19)6-11(20)8-12)15-2-4-18(21,22)17(26)16(13)15/h3,5-9,17,26H,2,4H2,1H3. The van der Waals surface area contributed by atoms with Crippen molar-refractivity contribution >= 4 is 11.6 Å². The molecule has 1 aliphatic carbocycles. The maximum atomic E-state index is 14.2. The number of aryl methyl sites for hydroxylation is 1. The van der Waals surface area contributed by atoms with Crippen LogP contribution in [0.4, 0.5) is 13.2 Å². The van der Waals surface area contributed by atoms with Crippen molar-refractivity contribution in [2.24, 2.45) is 7.05 Å².